The first kappa shape index (κ1) is 11.9. The Morgan fingerprint density at radius 1 is 1.06 bits per heavy atom. The van der Waals surface area contributed by atoms with E-state index < -0.39 is 6.04 Å². The average molecular weight is 251 g/mol. The molecule has 0 radical (unpaired) electrons. The minimum absolute atomic E-state index is 0.348. The van der Waals surface area contributed by atoms with Crippen LogP contribution < -0.4 is 11.5 Å². The third kappa shape index (κ3) is 2.40. The number of halogens is 2. The maximum absolute atomic E-state index is 13.6. The standard InChI is InChI=1S/C13H12ClFN2/c14-8-5-6-12(16)10(7-8)13(17)9-3-1-2-4-11(9)15/h1-7,13H,16-17H2/t13-/m1/s1. The van der Waals surface area contributed by atoms with Crippen molar-refractivity contribution in [2.24, 2.45) is 5.73 Å². The molecule has 2 rings (SSSR count). The molecule has 0 spiro atoms. The molecule has 0 heterocycles. The minimum atomic E-state index is -0.616. The van der Waals surface area contributed by atoms with Gasteiger partial charge in [0.25, 0.3) is 0 Å². The SMILES string of the molecule is Nc1ccc(Cl)cc1[C@H](N)c1ccccc1F. The maximum atomic E-state index is 13.6. The average Bonchev–Trinajstić information content (AvgIpc) is 2.32. The van der Waals surface area contributed by atoms with Crippen LogP contribution in [0.2, 0.25) is 5.02 Å². The van der Waals surface area contributed by atoms with Crippen molar-refractivity contribution in [2.75, 3.05) is 5.73 Å². The molecular formula is C13H12ClFN2. The summed E-state index contributed by atoms with van der Waals surface area (Å²) in [6.07, 6.45) is 0. The van der Waals surface area contributed by atoms with E-state index in [1.54, 1.807) is 36.4 Å². The fraction of sp³-hybridized carbons (Fsp3) is 0.0769. The zero-order chi connectivity index (χ0) is 12.4. The quantitative estimate of drug-likeness (QED) is 0.805. The highest BCUT2D eigenvalue weighted by Gasteiger charge is 2.15. The van der Waals surface area contributed by atoms with E-state index in [4.69, 9.17) is 23.1 Å². The van der Waals surface area contributed by atoms with Gasteiger partial charge in [0.15, 0.2) is 0 Å². The third-order valence-electron chi connectivity index (χ3n) is 2.62. The summed E-state index contributed by atoms with van der Waals surface area (Å²) in [4.78, 5) is 0. The van der Waals surface area contributed by atoms with Gasteiger partial charge in [0.1, 0.15) is 5.82 Å². The van der Waals surface area contributed by atoms with Crippen molar-refractivity contribution in [1.29, 1.82) is 0 Å². The summed E-state index contributed by atoms with van der Waals surface area (Å²) in [5, 5.41) is 0.529. The van der Waals surface area contributed by atoms with Crippen LogP contribution in [0.25, 0.3) is 0 Å². The van der Waals surface area contributed by atoms with Crippen LogP contribution in [0, 0.1) is 5.82 Å². The first-order valence-electron chi connectivity index (χ1n) is 5.14. The smallest absolute Gasteiger partial charge is 0.128 e. The van der Waals surface area contributed by atoms with E-state index >= 15 is 0 Å². The molecule has 0 fully saturated rings. The van der Waals surface area contributed by atoms with E-state index in [1.807, 2.05) is 0 Å². The Balaban J connectivity index is 2.47. The zero-order valence-corrected chi connectivity index (χ0v) is 9.79. The van der Waals surface area contributed by atoms with Crippen LogP contribution in [0.3, 0.4) is 0 Å². The number of hydrogen-bond donors (Lipinski definition) is 2. The second-order valence-electron chi connectivity index (χ2n) is 3.77. The molecule has 0 aromatic heterocycles. The van der Waals surface area contributed by atoms with Gasteiger partial charge in [-0.05, 0) is 29.8 Å². The van der Waals surface area contributed by atoms with Crippen LogP contribution in [-0.2, 0) is 0 Å². The van der Waals surface area contributed by atoms with Crippen molar-refractivity contribution in [3.63, 3.8) is 0 Å². The molecule has 0 saturated carbocycles. The summed E-state index contributed by atoms with van der Waals surface area (Å²) in [6, 6.07) is 10.7. The number of benzene rings is 2. The molecule has 2 aromatic rings. The normalized spacial score (nSPS) is 12.4. The third-order valence-corrected chi connectivity index (χ3v) is 2.86. The van der Waals surface area contributed by atoms with Crippen LogP contribution in [0.15, 0.2) is 42.5 Å². The first-order chi connectivity index (χ1) is 8.09. The second-order valence-corrected chi connectivity index (χ2v) is 4.21. The molecule has 0 aliphatic rings. The van der Waals surface area contributed by atoms with E-state index in [9.17, 15) is 4.39 Å². The summed E-state index contributed by atoms with van der Waals surface area (Å²) in [5.41, 5.74) is 13.4. The van der Waals surface area contributed by atoms with Gasteiger partial charge in [-0.15, -0.1) is 0 Å². The van der Waals surface area contributed by atoms with Gasteiger partial charge < -0.3 is 11.5 Å². The van der Waals surface area contributed by atoms with Crippen LogP contribution in [0.4, 0.5) is 10.1 Å². The van der Waals surface area contributed by atoms with Gasteiger partial charge in [0.05, 0.1) is 6.04 Å². The lowest BCUT2D eigenvalue weighted by Gasteiger charge is -2.15. The second kappa shape index (κ2) is 4.73. The summed E-state index contributed by atoms with van der Waals surface area (Å²) in [7, 11) is 0. The summed E-state index contributed by atoms with van der Waals surface area (Å²) < 4.78 is 13.6. The monoisotopic (exact) mass is 250 g/mol. The summed E-state index contributed by atoms with van der Waals surface area (Å²) in [6.45, 7) is 0. The van der Waals surface area contributed by atoms with Crippen LogP contribution in [-0.4, -0.2) is 0 Å². The van der Waals surface area contributed by atoms with Crippen molar-refractivity contribution < 1.29 is 4.39 Å². The molecule has 17 heavy (non-hydrogen) atoms. The lowest BCUT2D eigenvalue weighted by Crippen LogP contribution is -2.15. The molecule has 0 bridgehead atoms. The van der Waals surface area contributed by atoms with Gasteiger partial charge in [0.2, 0.25) is 0 Å². The van der Waals surface area contributed by atoms with Crippen molar-refractivity contribution >= 4 is 17.3 Å². The molecule has 1 atom stereocenters. The number of nitrogen functional groups attached to an aromatic ring is 1. The number of rotatable bonds is 2. The molecule has 0 aliphatic carbocycles. The van der Waals surface area contributed by atoms with E-state index in [2.05, 4.69) is 0 Å². The van der Waals surface area contributed by atoms with E-state index in [0.717, 1.165) is 0 Å². The van der Waals surface area contributed by atoms with Gasteiger partial charge in [-0.2, -0.15) is 0 Å². The lowest BCUT2D eigenvalue weighted by atomic mass is 9.98. The number of hydrogen-bond acceptors (Lipinski definition) is 2. The zero-order valence-electron chi connectivity index (χ0n) is 9.03. The van der Waals surface area contributed by atoms with Crippen molar-refractivity contribution in [2.45, 2.75) is 6.04 Å². The van der Waals surface area contributed by atoms with Crippen molar-refractivity contribution in [3.8, 4) is 0 Å². The van der Waals surface area contributed by atoms with Gasteiger partial charge in [-0.3, -0.25) is 0 Å². The van der Waals surface area contributed by atoms with Crippen molar-refractivity contribution in [3.05, 3.63) is 64.4 Å². The van der Waals surface area contributed by atoms with E-state index in [0.29, 0.717) is 21.8 Å². The Morgan fingerprint density at radius 3 is 2.47 bits per heavy atom. The fourth-order valence-electron chi connectivity index (χ4n) is 1.71. The predicted molar refractivity (Wildman–Crippen MR) is 68.3 cm³/mol. The molecule has 4 N–H and O–H groups in total. The van der Waals surface area contributed by atoms with Gasteiger partial charge >= 0.3 is 0 Å². The topological polar surface area (TPSA) is 52.0 Å². The van der Waals surface area contributed by atoms with Crippen LogP contribution in [0.5, 0.6) is 0 Å². The van der Waals surface area contributed by atoms with E-state index in [-0.39, 0.29) is 5.82 Å². The molecule has 0 unspecified atom stereocenters. The van der Waals surface area contributed by atoms with Gasteiger partial charge in [-0.25, -0.2) is 4.39 Å². The number of anilines is 1. The molecule has 88 valence electrons. The Morgan fingerprint density at radius 2 is 1.76 bits per heavy atom. The molecular weight excluding hydrogens is 239 g/mol. The van der Waals surface area contributed by atoms with Crippen LogP contribution in [0.1, 0.15) is 17.2 Å². The summed E-state index contributed by atoms with van der Waals surface area (Å²) in [5.74, 6) is -0.348. The summed E-state index contributed by atoms with van der Waals surface area (Å²) >= 11 is 5.88. The molecule has 2 aromatic carbocycles. The minimum Gasteiger partial charge on any atom is -0.398 e. The Hall–Kier alpha value is -1.58. The number of nitrogens with two attached hydrogens (primary N) is 2. The highest BCUT2D eigenvalue weighted by molar-refractivity contribution is 6.30. The van der Waals surface area contributed by atoms with Gasteiger partial charge in [-0.1, -0.05) is 29.8 Å². The largest absolute Gasteiger partial charge is 0.398 e. The highest BCUT2D eigenvalue weighted by atomic mass is 35.5. The lowest BCUT2D eigenvalue weighted by molar-refractivity contribution is 0.600. The molecule has 0 aliphatic heterocycles. The van der Waals surface area contributed by atoms with E-state index in [1.165, 1.54) is 6.07 Å². The Labute approximate surface area is 104 Å². The molecule has 4 heteroatoms. The van der Waals surface area contributed by atoms with Gasteiger partial charge in [0, 0.05) is 16.3 Å². The van der Waals surface area contributed by atoms with Crippen molar-refractivity contribution in [1.82, 2.24) is 0 Å². The fourth-order valence-corrected chi connectivity index (χ4v) is 1.89. The highest BCUT2D eigenvalue weighted by Crippen LogP contribution is 2.28. The predicted octanol–water partition coefficient (Wildman–Crippen LogP) is 3.11. The molecule has 0 amide bonds. The molecule has 2 nitrogen and oxygen atoms in total. The Kier molecular flexibility index (Phi) is 3.31. The first-order valence-corrected chi connectivity index (χ1v) is 5.52. The molecule has 0 saturated heterocycles. The Bertz CT molecular complexity index is 543. The van der Waals surface area contributed by atoms with Crippen LogP contribution >= 0.6 is 11.6 Å². The maximum Gasteiger partial charge on any atom is 0.128 e.